The zero-order valence-electron chi connectivity index (χ0n) is 16.6. The average molecular weight is 380 g/mol. The number of pyridine rings is 1. The maximum Gasteiger partial charge on any atom is 0.225 e. The lowest BCUT2D eigenvalue weighted by Crippen LogP contribution is -2.43. The summed E-state index contributed by atoms with van der Waals surface area (Å²) in [6, 6.07) is 5.90. The number of amides is 1. The fraction of sp³-hybridized carbons (Fsp3) is 0.545. The molecule has 6 nitrogen and oxygen atoms in total. The van der Waals surface area contributed by atoms with Crippen molar-refractivity contribution in [2.45, 2.75) is 50.9 Å². The Morgan fingerprint density at radius 3 is 2.75 bits per heavy atom. The maximum atomic E-state index is 13.0. The summed E-state index contributed by atoms with van der Waals surface area (Å²) in [5.41, 5.74) is 1.92. The zero-order valence-corrected chi connectivity index (χ0v) is 16.6. The van der Waals surface area contributed by atoms with Crippen molar-refractivity contribution in [2.24, 2.45) is 5.92 Å². The van der Waals surface area contributed by atoms with Gasteiger partial charge in [-0.05, 0) is 37.8 Å². The highest BCUT2D eigenvalue weighted by atomic mass is 16.2. The van der Waals surface area contributed by atoms with E-state index in [-0.39, 0.29) is 11.8 Å². The van der Waals surface area contributed by atoms with Gasteiger partial charge in [-0.3, -0.25) is 9.78 Å². The van der Waals surface area contributed by atoms with Crippen molar-refractivity contribution in [3.8, 4) is 11.4 Å². The van der Waals surface area contributed by atoms with Crippen LogP contribution in [0.1, 0.15) is 56.6 Å². The summed E-state index contributed by atoms with van der Waals surface area (Å²) in [5.74, 6) is 2.34. The first-order valence-corrected chi connectivity index (χ1v) is 10.5. The molecule has 1 saturated heterocycles. The Bertz CT molecular complexity index is 804. The van der Waals surface area contributed by atoms with Crippen LogP contribution in [-0.2, 0) is 4.79 Å². The number of piperidine rings is 1. The molecular weight excluding hydrogens is 350 g/mol. The standard InChI is InChI=1S/C22H29N5O/c1-23-20-13-19(25-21(26-20)17-9-5-11-24-14-17)18-10-6-12-27(15-18)22(28)16-7-3-2-4-8-16/h5,9,11,13-14,16,18H,2-4,6-8,10,12,15H2,1H3,(H,23,25,26). The third kappa shape index (κ3) is 4.16. The van der Waals surface area contributed by atoms with Crippen LogP contribution in [0.25, 0.3) is 11.4 Å². The smallest absolute Gasteiger partial charge is 0.225 e. The molecule has 2 aromatic rings. The molecule has 3 heterocycles. The molecule has 0 aromatic carbocycles. The lowest BCUT2D eigenvalue weighted by Gasteiger charge is -2.35. The second-order valence-electron chi connectivity index (χ2n) is 7.95. The van der Waals surface area contributed by atoms with Gasteiger partial charge in [0.1, 0.15) is 5.82 Å². The van der Waals surface area contributed by atoms with Crippen LogP contribution in [0.3, 0.4) is 0 Å². The molecule has 0 radical (unpaired) electrons. The number of carbonyl (C=O) groups is 1. The summed E-state index contributed by atoms with van der Waals surface area (Å²) in [4.78, 5) is 28.8. The third-order valence-electron chi connectivity index (χ3n) is 6.03. The highest BCUT2D eigenvalue weighted by Gasteiger charge is 2.31. The molecule has 4 rings (SSSR count). The van der Waals surface area contributed by atoms with E-state index in [2.05, 4.69) is 20.2 Å². The van der Waals surface area contributed by atoms with Crippen LogP contribution >= 0.6 is 0 Å². The molecule has 1 unspecified atom stereocenters. The van der Waals surface area contributed by atoms with Crippen molar-refractivity contribution in [1.82, 2.24) is 19.9 Å². The number of likely N-dealkylation sites (tertiary alicyclic amines) is 1. The van der Waals surface area contributed by atoms with E-state index in [9.17, 15) is 4.79 Å². The van der Waals surface area contributed by atoms with Gasteiger partial charge >= 0.3 is 0 Å². The van der Waals surface area contributed by atoms with Crippen LogP contribution in [0.4, 0.5) is 5.82 Å². The van der Waals surface area contributed by atoms with Crippen LogP contribution in [-0.4, -0.2) is 45.9 Å². The second kappa shape index (κ2) is 8.67. The predicted octanol–water partition coefficient (Wildman–Crippen LogP) is 3.87. The van der Waals surface area contributed by atoms with Gasteiger partial charge in [-0.25, -0.2) is 9.97 Å². The number of hydrogen-bond acceptors (Lipinski definition) is 5. The molecule has 28 heavy (non-hydrogen) atoms. The molecular formula is C22H29N5O. The van der Waals surface area contributed by atoms with Gasteiger partial charge in [-0.2, -0.15) is 0 Å². The van der Waals surface area contributed by atoms with Gasteiger partial charge in [0.05, 0.1) is 5.69 Å². The van der Waals surface area contributed by atoms with Crippen LogP contribution < -0.4 is 5.32 Å². The minimum atomic E-state index is 0.233. The first kappa shape index (κ1) is 18.8. The molecule has 0 bridgehead atoms. The quantitative estimate of drug-likeness (QED) is 0.873. The molecule has 2 fully saturated rings. The summed E-state index contributed by atoms with van der Waals surface area (Å²) in [6.07, 6.45) is 11.4. The van der Waals surface area contributed by atoms with Crippen LogP contribution in [0.2, 0.25) is 0 Å². The fourth-order valence-electron chi connectivity index (χ4n) is 4.45. The lowest BCUT2D eigenvalue weighted by molar-refractivity contribution is -0.137. The van der Waals surface area contributed by atoms with Crippen molar-refractivity contribution in [1.29, 1.82) is 0 Å². The van der Waals surface area contributed by atoms with Gasteiger partial charge in [0.25, 0.3) is 0 Å². The summed E-state index contributed by atoms with van der Waals surface area (Å²) >= 11 is 0. The molecule has 2 aromatic heterocycles. The number of carbonyl (C=O) groups excluding carboxylic acids is 1. The summed E-state index contributed by atoms with van der Waals surface area (Å²) in [6.45, 7) is 1.65. The Balaban J connectivity index is 1.55. The van der Waals surface area contributed by atoms with Crippen molar-refractivity contribution in [2.75, 3.05) is 25.5 Å². The topological polar surface area (TPSA) is 71.0 Å². The van der Waals surface area contributed by atoms with E-state index in [0.29, 0.717) is 11.7 Å². The molecule has 0 spiro atoms. The molecule has 1 N–H and O–H groups in total. The minimum Gasteiger partial charge on any atom is -0.373 e. The zero-order chi connectivity index (χ0) is 19.3. The van der Waals surface area contributed by atoms with Crippen LogP contribution in [0.15, 0.2) is 30.6 Å². The normalized spacial score (nSPS) is 20.8. The van der Waals surface area contributed by atoms with Gasteiger partial charge < -0.3 is 10.2 Å². The van der Waals surface area contributed by atoms with Crippen LogP contribution in [0.5, 0.6) is 0 Å². The monoisotopic (exact) mass is 379 g/mol. The Hall–Kier alpha value is -2.50. The summed E-state index contributed by atoms with van der Waals surface area (Å²) < 4.78 is 0. The average Bonchev–Trinajstić information content (AvgIpc) is 2.79. The van der Waals surface area contributed by atoms with Crippen molar-refractivity contribution >= 4 is 11.7 Å². The number of aromatic nitrogens is 3. The molecule has 148 valence electrons. The number of anilines is 1. The number of hydrogen-bond donors (Lipinski definition) is 1. The van der Waals surface area contributed by atoms with Crippen molar-refractivity contribution in [3.63, 3.8) is 0 Å². The Morgan fingerprint density at radius 2 is 2.00 bits per heavy atom. The predicted molar refractivity (Wildman–Crippen MR) is 110 cm³/mol. The van der Waals surface area contributed by atoms with Crippen molar-refractivity contribution in [3.05, 3.63) is 36.3 Å². The molecule has 1 aliphatic heterocycles. The Kier molecular flexibility index (Phi) is 5.84. The van der Waals surface area contributed by atoms with Gasteiger partial charge in [-0.1, -0.05) is 19.3 Å². The van der Waals surface area contributed by atoms with Crippen LogP contribution in [0, 0.1) is 5.92 Å². The highest BCUT2D eigenvalue weighted by molar-refractivity contribution is 5.79. The second-order valence-corrected chi connectivity index (χ2v) is 7.95. The van der Waals surface area contributed by atoms with E-state index >= 15 is 0 Å². The summed E-state index contributed by atoms with van der Waals surface area (Å²) in [7, 11) is 1.87. The Morgan fingerprint density at radius 1 is 1.14 bits per heavy atom. The minimum absolute atomic E-state index is 0.233. The van der Waals surface area contributed by atoms with E-state index in [1.165, 1.54) is 19.3 Å². The van der Waals surface area contributed by atoms with E-state index in [0.717, 1.165) is 55.8 Å². The van der Waals surface area contributed by atoms with E-state index in [4.69, 9.17) is 4.98 Å². The van der Waals surface area contributed by atoms with E-state index in [1.807, 2.05) is 25.2 Å². The SMILES string of the molecule is CNc1cc(C2CCCN(C(=O)C3CCCCC3)C2)nc(-c2cccnc2)n1. The summed E-state index contributed by atoms with van der Waals surface area (Å²) in [5, 5.41) is 3.15. The first-order chi connectivity index (χ1) is 13.7. The largest absolute Gasteiger partial charge is 0.373 e. The van der Waals surface area contributed by atoms with E-state index in [1.54, 1.807) is 12.4 Å². The molecule has 2 aliphatic rings. The number of nitrogens with one attached hydrogen (secondary N) is 1. The van der Waals surface area contributed by atoms with Gasteiger partial charge in [0.2, 0.25) is 5.91 Å². The first-order valence-electron chi connectivity index (χ1n) is 10.5. The number of rotatable bonds is 4. The van der Waals surface area contributed by atoms with Gasteiger partial charge in [0, 0.05) is 56.0 Å². The van der Waals surface area contributed by atoms with Crippen molar-refractivity contribution < 1.29 is 4.79 Å². The molecule has 6 heteroatoms. The third-order valence-corrected chi connectivity index (χ3v) is 6.03. The Labute approximate surface area is 166 Å². The number of nitrogens with zero attached hydrogens (tertiary/aromatic N) is 4. The lowest BCUT2D eigenvalue weighted by atomic mass is 9.86. The van der Waals surface area contributed by atoms with Gasteiger partial charge in [-0.15, -0.1) is 0 Å². The molecule has 1 saturated carbocycles. The van der Waals surface area contributed by atoms with E-state index < -0.39 is 0 Å². The molecule has 1 atom stereocenters. The van der Waals surface area contributed by atoms with Gasteiger partial charge in [0.15, 0.2) is 5.82 Å². The highest BCUT2D eigenvalue weighted by Crippen LogP contribution is 2.31. The maximum absolute atomic E-state index is 13.0. The molecule has 1 aliphatic carbocycles. The fourth-order valence-corrected chi connectivity index (χ4v) is 4.45. The molecule has 1 amide bonds.